The predicted octanol–water partition coefficient (Wildman–Crippen LogP) is 5.55. The summed E-state index contributed by atoms with van der Waals surface area (Å²) in [5.74, 6) is 0.467. The molecular weight excluding hydrogens is 841 g/mol. The zero-order valence-electron chi connectivity index (χ0n) is 36.5. The van der Waals surface area contributed by atoms with Crippen molar-refractivity contribution in [2.45, 2.75) is 62.1 Å². The number of carbonyl (C=O) groups excluding carboxylic acids is 5. The molecule has 1 spiro atoms. The Bertz CT molecular complexity index is 2670. The van der Waals surface area contributed by atoms with Crippen LogP contribution >= 0.6 is 0 Å². The maximum atomic E-state index is 16.4. The summed E-state index contributed by atoms with van der Waals surface area (Å²) in [7, 11) is 1.19. The number of anilines is 1. The number of urea groups is 1. The van der Waals surface area contributed by atoms with Crippen molar-refractivity contribution in [3.05, 3.63) is 167 Å². The lowest BCUT2D eigenvalue weighted by Gasteiger charge is -2.46. The fourth-order valence-corrected chi connectivity index (χ4v) is 9.79. The minimum absolute atomic E-state index is 0.0626. The molecule has 0 aliphatic carbocycles. The number of esters is 2. The number of benzene rings is 5. The number of phenols is 1. The van der Waals surface area contributed by atoms with Crippen molar-refractivity contribution in [1.82, 2.24) is 15.5 Å². The molecule has 8 atom stereocenters. The molecule has 8 rings (SSSR count). The van der Waals surface area contributed by atoms with Crippen molar-refractivity contribution in [3.63, 3.8) is 0 Å². The summed E-state index contributed by atoms with van der Waals surface area (Å²) in [6, 6.07) is 32.2. The minimum Gasteiger partial charge on any atom is -0.508 e. The highest BCUT2D eigenvalue weighted by molar-refractivity contribution is 6.25. The standard InChI is InChI=1S/C52H50N4O10/c1-31(2)42(48(61)65-3)54-51(64)55-39-27-22-32(15-13-14-28-57)29-38(39)52(50(55)63)41(47(60)53-30-40(59)33-16-7-4-8-17-33)44-49(62)66-45(35-20-11-6-12-21-35)43(34-18-9-5-10-19-34)56(44)46(52)36-23-25-37(58)26-24-36/h4-12,16-27,29,31,40-46,57-59H,14,28,30H2,1-3H3,(H,53,60)(H,54,64). The van der Waals surface area contributed by atoms with E-state index in [0.717, 1.165) is 4.90 Å². The van der Waals surface area contributed by atoms with E-state index in [1.807, 2.05) is 65.6 Å². The van der Waals surface area contributed by atoms with E-state index in [-0.39, 0.29) is 36.6 Å². The first-order valence-corrected chi connectivity index (χ1v) is 21.8. The van der Waals surface area contributed by atoms with Crippen molar-refractivity contribution in [2.24, 2.45) is 11.8 Å². The number of hydrogen-bond donors (Lipinski definition) is 5. The third kappa shape index (κ3) is 8.06. The van der Waals surface area contributed by atoms with Crippen LogP contribution < -0.4 is 15.5 Å². The monoisotopic (exact) mass is 890 g/mol. The van der Waals surface area contributed by atoms with E-state index in [9.17, 15) is 24.9 Å². The third-order valence-corrected chi connectivity index (χ3v) is 12.7. The molecule has 4 amide bonds. The number of hydrogen-bond acceptors (Lipinski definition) is 11. The lowest BCUT2D eigenvalue weighted by Crippen LogP contribution is -2.58. The number of morpholine rings is 1. The number of nitrogens with zero attached hydrogens (tertiary/aromatic N) is 2. The largest absolute Gasteiger partial charge is 0.508 e. The van der Waals surface area contributed by atoms with Crippen LogP contribution in [0.5, 0.6) is 5.75 Å². The number of nitrogens with one attached hydrogen (secondary N) is 2. The van der Waals surface area contributed by atoms with Crippen LogP contribution in [-0.2, 0) is 34.1 Å². The average Bonchev–Trinajstić information content (AvgIpc) is 3.79. The number of imide groups is 1. The number of aromatic hydroxyl groups is 1. The van der Waals surface area contributed by atoms with E-state index in [1.165, 1.54) is 25.3 Å². The van der Waals surface area contributed by atoms with Gasteiger partial charge in [-0.3, -0.25) is 19.3 Å². The van der Waals surface area contributed by atoms with E-state index < -0.39 is 83.4 Å². The van der Waals surface area contributed by atoms with Crippen LogP contribution in [0.15, 0.2) is 133 Å². The van der Waals surface area contributed by atoms with Crippen molar-refractivity contribution in [2.75, 3.05) is 25.2 Å². The number of carbonyl (C=O) groups is 5. The average molecular weight is 891 g/mol. The van der Waals surface area contributed by atoms with E-state index in [2.05, 4.69) is 22.5 Å². The summed E-state index contributed by atoms with van der Waals surface area (Å²) in [4.78, 5) is 78.0. The molecule has 5 N–H and O–H groups in total. The fourth-order valence-electron chi connectivity index (χ4n) is 9.79. The summed E-state index contributed by atoms with van der Waals surface area (Å²) in [5.41, 5.74) is 0.689. The molecule has 338 valence electrons. The quantitative estimate of drug-likeness (QED) is 0.0825. The molecule has 66 heavy (non-hydrogen) atoms. The Morgan fingerprint density at radius 3 is 2.09 bits per heavy atom. The van der Waals surface area contributed by atoms with Crippen LogP contribution in [0, 0.1) is 23.7 Å². The van der Waals surface area contributed by atoms with Gasteiger partial charge in [-0.05, 0) is 64.1 Å². The first-order chi connectivity index (χ1) is 31.9. The molecule has 14 heteroatoms. The number of methoxy groups -OCH3 is 1. The third-order valence-electron chi connectivity index (χ3n) is 12.7. The van der Waals surface area contributed by atoms with Crippen LogP contribution in [0.3, 0.4) is 0 Å². The molecule has 5 aromatic rings. The Labute approximate surface area is 382 Å². The first kappa shape index (κ1) is 45.3. The Morgan fingerprint density at radius 2 is 1.47 bits per heavy atom. The molecule has 3 heterocycles. The molecule has 0 aromatic heterocycles. The minimum atomic E-state index is -2.17. The molecule has 2 fully saturated rings. The van der Waals surface area contributed by atoms with Crippen LogP contribution in [0.25, 0.3) is 0 Å². The number of fused-ring (bicyclic) bond motifs is 3. The van der Waals surface area contributed by atoms with E-state index >= 15 is 14.4 Å². The van der Waals surface area contributed by atoms with Gasteiger partial charge in [0.15, 0.2) is 0 Å². The lowest BCUT2D eigenvalue weighted by molar-refractivity contribution is -0.178. The maximum absolute atomic E-state index is 16.4. The summed E-state index contributed by atoms with van der Waals surface area (Å²) in [5, 5.41) is 37.3. The van der Waals surface area contributed by atoms with Crippen LogP contribution in [-0.4, -0.2) is 82.3 Å². The topological polar surface area (TPSA) is 195 Å². The summed E-state index contributed by atoms with van der Waals surface area (Å²) >= 11 is 0. The van der Waals surface area contributed by atoms with Gasteiger partial charge in [-0.15, -0.1) is 0 Å². The molecule has 3 aliphatic heterocycles. The zero-order chi connectivity index (χ0) is 46.7. The van der Waals surface area contributed by atoms with Crippen LogP contribution in [0.1, 0.15) is 77.9 Å². The van der Waals surface area contributed by atoms with Crippen molar-refractivity contribution < 1.29 is 48.8 Å². The Balaban J connectivity index is 1.43. The van der Waals surface area contributed by atoms with Gasteiger partial charge < -0.3 is 35.4 Å². The highest BCUT2D eigenvalue weighted by atomic mass is 16.6. The number of ether oxygens (including phenoxy) is 2. The number of amides is 4. The van der Waals surface area contributed by atoms with Gasteiger partial charge in [0.1, 0.15) is 29.4 Å². The molecule has 3 aliphatic rings. The Kier molecular flexibility index (Phi) is 13.1. The molecule has 8 unspecified atom stereocenters. The van der Waals surface area contributed by atoms with Gasteiger partial charge in [0.05, 0.1) is 43.5 Å². The Hall–Kier alpha value is -7.31. The van der Waals surface area contributed by atoms with Crippen LogP contribution in [0.4, 0.5) is 10.5 Å². The van der Waals surface area contributed by atoms with E-state index in [1.54, 1.807) is 68.4 Å². The second kappa shape index (κ2) is 19.0. The smallest absolute Gasteiger partial charge is 0.329 e. The zero-order valence-corrected chi connectivity index (χ0v) is 36.5. The number of cyclic esters (lactones) is 1. The number of phenolic OH excluding ortho intramolecular Hbond substituents is 1. The molecule has 2 saturated heterocycles. The van der Waals surface area contributed by atoms with Gasteiger partial charge >= 0.3 is 18.0 Å². The lowest BCUT2D eigenvalue weighted by atomic mass is 9.65. The highest BCUT2D eigenvalue weighted by Crippen LogP contribution is 2.66. The first-order valence-electron chi connectivity index (χ1n) is 21.8. The number of aliphatic hydroxyl groups is 2. The van der Waals surface area contributed by atoms with Gasteiger partial charge in [-0.2, -0.15) is 0 Å². The van der Waals surface area contributed by atoms with Crippen molar-refractivity contribution in [1.29, 1.82) is 0 Å². The van der Waals surface area contributed by atoms with Gasteiger partial charge in [0, 0.05) is 18.5 Å². The second-order valence-electron chi connectivity index (χ2n) is 16.9. The molecule has 0 radical (unpaired) electrons. The van der Waals surface area contributed by atoms with E-state index in [0.29, 0.717) is 27.8 Å². The van der Waals surface area contributed by atoms with Crippen molar-refractivity contribution >= 4 is 35.5 Å². The number of rotatable bonds is 11. The SMILES string of the molecule is COC(=O)C(NC(=O)N1C(=O)C2(c3cc(C#CCCO)ccc31)C(C(=O)NCC(O)c1ccccc1)C1C(=O)OC(c3ccccc3)C(c3ccccc3)N1C2c1ccc(O)cc1)C(C)C. The molecule has 5 aromatic carbocycles. The molecular formula is C52H50N4O10. The van der Waals surface area contributed by atoms with Gasteiger partial charge in [-0.1, -0.05) is 129 Å². The summed E-state index contributed by atoms with van der Waals surface area (Å²) in [6.07, 6.45) is -2.04. The summed E-state index contributed by atoms with van der Waals surface area (Å²) < 4.78 is 11.5. The van der Waals surface area contributed by atoms with E-state index in [4.69, 9.17) is 9.47 Å². The molecule has 0 saturated carbocycles. The highest BCUT2D eigenvalue weighted by Gasteiger charge is 2.75. The summed E-state index contributed by atoms with van der Waals surface area (Å²) in [6.45, 7) is 2.88. The molecule has 14 nitrogen and oxygen atoms in total. The fraction of sp³-hybridized carbons (Fsp3) is 0.288. The number of aliphatic hydroxyl groups excluding tert-OH is 2. The van der Waals surface area contributed by atoms with Gasteiger partial charge in [-0.25, -0.2) is 14.5 Å². The molecule has 0 bridgehead atoms. The predicted molar refractivity (Wildman–Crippen MR) is 242 cm³/mol. The van der Waals surface area contributed by atoms with Gasteiger partial charge in [0.2, 0.25) is 11.8 Å². The van der Waals surface area contributed by atoms with Crippen LogP contribution in [0.2, 0.25) is 0 Å². The van der Waals surface area contributed by atoms with Gasteiger partial charge in [0.25, 0.3) is 0 Å². The van der Waals surface area contributed by atoms with Crippen molar-refractivity contribution in [3.8, 4) is 17.6 Å². The maximum Gasteiger partial charge on any atom is 0.329 e. The normalized spacial score (nSPS) is 22.9. The second-order valence-corrected chi connectivity index (χ2v) is 16.9. The Morgan fingerprint density at radius 1 is 0.833 bits per heavy atom.